The van der Waals surface area contributed by atoms with Crippen LogP contribution in [0.15, 0.2) is 48.5 Å². The number of carboxylic acid groups (broad SMARTS) is 1. The topological polar surface area (TPSA) is 40.5 Å². The summed E-state index contributed by atoms with van der Waals surface area (Å²) in [5, 5.41) is 10.5. The lowest BCUT2D eigenvalue weighted by Crippen LogP contribution is -2.39. The first-order valence-electron chi connectivity index (χ1n) is 8.03. The van der Waals surface area contributed by atoms with E-state index in [4.69, 9.17) is 23.2 Å². The van der Waals surface area contributed by atoms with Crippen LogP contribution in [-0.2, 0) is 4.79 Å². The fourth-order valence-corrected chi connectivity index (χ4v) is 3.86. The van der Waals surface area contributed by atoms with Crippen LogP contribution < -0.4 is 0 Å². The Balaban J connectivity index is 1.93. The number of carbonyl (C=O) groups is 1. The Morgan fingerprint density at radius 1 is 1.08 bits per heavy atom. The third kappa shape index (κ3) is 3.75. The summed E-state index contributed by atoms with van der Waals surface area (Å²) in [6, 6.07) is 15.8. The van der Waals surface area contributed by atoms with E-state index in [0.29, 0.717) is 22.9 Å². The van der Waals surface area contributed by atoms with Gasteiger partial charge in [-0.15, -0.1) is 0 Å². The summed E-state index contributed by atoms with van der Waals surface area (Å²) < 4.78 is 0. The number of benzene rings is 2. The molecular weight excluding hydrogens is 345 g/mol. The van der Waals surface area contributed by atoms with Crippen molar-refractivity contribution in [3.8, 4) is 0 Å². The summed E-state index contributed by atoms with van der Waals surface area (Å²) in [5.41, 5.74) is 2.15. The number of likely N-dealkylation sites (tertiary alicyclic amines) is 1. The summed E-state index contributed by atoms with van der Waals surface area (Å²) in [4.78, 5) is 13.5. The summed E-state index contributed by atoms with van der Waals surface area (Å²) in [6.07, 6.45) is 1.31. The quantitative estimate of drug-likeness (QED) is 0.841. The molecule has 24 heavy (non-hydrogen) atoms. The monoisotopic (exact) mass is 363 g/mol. The van der Waals surface area contributed by atoms with E-state index in [0.717, 1.165) is 24.2 Å². The van der Waals surface area contributed by atoms with Crippen LogP contribution in [-0.4, -0.2) is 29.1 Å². The van der Waals surface area contributed by atoms with Crippen molar-refractivity contribution in [3.05, 3.63) is 69.7 Å². The van der Waals surface area contributed by atoms with Crippen LogP contribution in [0.5, 0.6) is 0 Å². The summed E-state index contributed by atoms with van der Waals surface area (Å²) in [7, 11) is 0. The fourth-order valence-electron chi connectivity index (χ4n) is 3.35. The van der Waals surface area contributed by atoms with Crippen LogP contribution in [0, 0.1) is 5.92 Å². The van der Waals surface area contributed by atoms with Crippen molar-refractivity contribution in [2.45, 2.75) is 18.9 Å². The second kappa shape index (κ2) is 7.56. The van der Waals surface area contributed by atoms with Gasteiger partial charge in [-0.05, 0) is 49.2 Å². The van der Waals surface area contributed by atoms with Gasteiger partial charge in [0.05, 0.1) is 12.0 Å². The Morgan fingerprint density at radius 2 is 1.75 bits per heavy atom. The first-order valence-corrected chi connectivity index (χ1v) is 8.78. The van der Waals surface area contributed by atoms with Gasteiger partial charge in [-0.1, -0.05) is 59.6 Å². The van der Waals surface area contributed by atoms with E-state index in [1.807, 2.05) is 30.3 Å². The standard InChI is InChI=1S/C19H19Cl2NO2/c20-15-6-7-16(17(21)12-15)18(13-4-2-1-3-5-13)22-10-8-14(9-11-22)19(23)24/h1-7,12,14,18H,8-11H2,(H,23,24). The second-order valence-corrected chi connectivity index (χ2v) is 6.97. The molecule has 2 aromatic rings. The largest absolute Gasteiger partial charge is 0.481 e. The van der Waals surface area contributed by atoms with Crippen LogP contribution in [0.2, 0.25) is 10.0 Å². The van der Waals surface area contributed by atoms with Crippen molar-refractivity contribution < 1.29 is 9.90 Å². The number of hydrogen-bond donors (Lipinski definition) is 1. The summed E-state index contributed by atoms with van der Waals surface area (Å²) >= 11 is 12.5. The molecule has 126 valence electrons. The average molecular weight is 364 g/mol. The van der Waals surface area contributed by atoms with Gasteiger partial charge in [-0.2, -0.15) is 0 Å². The molecule has 1 atom stereocenters. The highest BCUT2D eigenvalue weighted by Gasteiger charge is 2.31. The number of piperidine rings is 1. The second-order valence-electron chi connectivity index (χ2n) is 6.13. The minimum Gasteiger partial charge on any atom is -0.481 e. The maximum absolute atomic E-state index is 11.2. The van der Waals surface area contributed by atoms with E-state index in [1.165, 1.54) is 0 Å². The molecule has 0 spiro atoms. The average Bonchev–Trinajstić information content (AvgIpc) is 2.58. The van der Waals surface area contributed by atoms with Crippen molar-refractivity contribution in [2.75, 3.05) is 13.1 Å². The van der Waals surface area contributed by atoms with Crippen molar-refractivity contribution >= 4 is 29.2 Å². The predicted octanol–water partition coefficient (Wildman–Crippen LogP) is 4.88. The van der Waals surface area contributed by atoms with E-state index < -0.39 is 5.97 Å². The number of nitrogens with zero attached hydrogens (tertiary/aromatic N) is 1. The summed E-state index contributed by atoms with van der Waals surface area (Å²) in [5.74, 6) is -0.950. The van der Waals surface area contributed by atoms with Gasteiger partial charge in [0.2, 0.25) is 0 Å². The van der Waals surface area contributed by atoms with Gasteiger partial charge in [-0.3, -0.25) is 9.69 Å². The first-order chi connectivity index (χ1) is 11.6. The maximum atomic E-state index is 11.2. The number of carboxylic acids is 1. The van der Waals surface area contributed by atoms with Crippen molar-refractivity contribution in [1.82, 2.24) is 4.90 Å². The van der Waals surface area contributed by atoms with E-state index in [2.05, 4.69) is 17.0 Å². The molecule has 0 saturated carbocycles. The van der Waals surface area contributed by atoms with E-state index in [1.54, 1.807) is 6.07 Å². The van der Waals surface area contributed by atoms with Crippen molar-refractivity contribution in [1.29, 1.82) is 0 Å². The SMILES string of the molecule is O=C(O)C1CCN(C(c2ccccc2)c2ccc(Cl)cc2Cl)CC1. The van der Waals surface area contributed by atoms with Gasteiger partial charge in [0.25, 0.3) is 0 Å². The van der Waals surface area contributed by atoms with E-state index in [-0.39, 0.29) is 12.0 Å². The fraction of sp³-hybridized carbons (Fsp3) is 0.316. The van der Waals surface area contributed by atoms with Gasteiger partial charge in [-0.25, -0.2) is 0 Å². The molecule has 3 rings (SSSR count). The number of hydrogen-bond acceptors (Lipinski definition) is 2. The third-order valence-corrected chi connectivity index (χ3v) is 5.18. The van der Waals surface area contributed by atoms with Crippen molar-refractivity contribution in [2.24, 2.45) is 5.92 Å². The molecule has 1 unspecified atom stereocenters. The van der Waals surface area contributed by atoms with Crippen molar-refractivity contribution in [3.63, 3.8) is 0 Å². The van der Waals surface area contributed by atoms with Gasteiger partial charge < -0.3 is 5.11 Å². The minimum absolute atomic E-state index is 0.00529. The lowest BCUT2D eigenvalue weighted by molar-refractivity contribution is -0.143. The van der Waals surface area contributed by atoms with Crippen LogP contribution in [0.1, 0.15) is 30.0 Å². The smallest absolute Gasteiger partial charge is 0.306 e. The molecule has 1 heterocycles. The number of aliphatic carboxylic acids is 1. The molecule has 5 heteroatoms. The van der Waals surface area contributed by atoms with E-state index in [9.17, 15) is 9.90 Å². The number of rotatable bonds is 4. The summed E-state index contributed by atoms with van der Waals surface area (Å²) in [6.45, 7) is 1.46. The highest BCUT2D eigenvalue weighted by atomic mass is 35.5. The predicted molar refractivity (Wildman–Crippen MR) is 96.7 cm³/mol. The van der Waals surface area contributed by atoms with Crippen LogP contribution in [0.3, 0.4) is 0 Å². The Labute approximate surface area is 151 Å². The molecule has 1 N–H and O–H groups in total. The lowest BCUT2D eigenvalue weighted by Gasteiger charge is -2.37. The Hall–Kier alpha value is -1.55. The molecule has 0 aromatic heterocycles. The normalized spacial score (nSPS) is 17.6. The van der Waals surface area contributed by atoms with Crippen LogP contribution in [0.4, 0.5) is 0 Å². The zero-order valence-electron chi connectivity index (χ0n) is 13.2. The van der Waals surface area contributed by atoms with Gasteiger partial charge in [0.15, 0.2) is 0 Å². The highest BCUT2D eigenvalue weighted by molar-refractivity contribution is 6.35. The molecule has 0 radical (unpaired) electrons. The van der Waals surface area contributed by atoms with Gasteiger partial charge >= 0.3 is 5.97 Å². The lowest BCUT2D eigenvalue weighted by atomic mass is 9.91. The molecule has 1 saturated heterocycles. The van der Waals surface area contributed by atoms with Gasteiger partial charge in [0, 0.05) is 10.0 Å². The molecule has 3 nitrogen and oxygen atoms in total. The Kier molecular flexibility index (Phi) is 5.44. The van der Waals surface area contributed by atoms with Crippen LogP contribution >= 0.6 is 23.2 Å². The highest BCUT2D eigenvalue weighted by Crippen LogP contribution is 2.36. The number of halogens is 2. The first kappa shape index (κ1) is 17.3. The third-order valence-electron chi connectivity index (χ3n) is 4.62. The van der Waals surface area contributed by atoms with Gasteiger partial charge in [0.1, 0.15) is 0 Å². The van der Waals surface area contributed by atoms with E-state index >= 15 is 0 Å². The Bertz CT molecular complexity index is 713. The molecule has 2 aromatic carbocycles. The molecule has 1 fully saturated rings. The Morgan fingerprint density at radius 3 is 2.33 bits per heavy atom. The zero-order valence-corrected chi connectivity index (χ0v) is 14.7. The molecule has 1 aliphatic rings. The molecule has 1 aliphatic heterocycles. The molecule has 0 amide bonds. The minimum atomic E-state index is -0.699. The molecular formula is C19H19Cl2NO2. The molecule has 0 aliphatic carbocycles. The maximum Gasteiger partial charge on any atom is 0.306 e. The molecule has 0 bridgehead atoms. The zero-order chi connectivity index (χ0) is 17.1. The van der Waals surface area contributed by atoms with Crippen LogP contribution in [0.25, 0.3) is 0 Å².